The van der Waals surface area contributed by atoms with Crippen molar-refractivity contribution in [3.05, 3.63) is 83.4 Å². The summed E-state index contributed by atoms with van der Waals surface area (Å²) in [6, 6.07) is 15.9. The highest BCUT2D eigenvalue weighted by Gasteiger charge is 2.24. The average molecular weight is 557 g/mol. The van der Waals surface area contributed by atoms with Gasteiger partial charge in [0.15, 0.2) is 22.8 Å². The van der Waals surface area contributed by atoms with Crippen LogP contribution in [0.1, 0.15) is 23.7 Å². The van der Waals surface area contributed by atoms with Crippen LogP contribution in [0.3, 0.4) is 0 Å². The second-order valence-corrected chi connectivity index (χ2v) is 10.2. The molecule has 9 nitrogen and oxygen atoms in total. The Labute approximate surface area is 230 Å². The number of anilines is 1. The van der Waals surface area contributed by atoms with E-state index in [1.54, 1.807) is 73.3 Å². The van der Waals surface area contributed by atoms with Gasteiger partial charge in [0.25, 0.3) is 5.91 Å². The molecule has 6 aromatic rings. The number of hydrogen-bond donors (Lipinski definition) is 1. The molecule has 1 amide bonds. The van der Waals surface area contributed by atoms with E-state index in [4.69, 9.17) is 23.5 Å². The number of nitrogens with zero attached hydrogens (tertiary/aromatic N) is 3. The lowest BCUT2D eigenvalue weighted by atomic mass is 10.1. The molecule has 5 heterocycles. The SMILES string of the molecule is CCC(OC(=O)c1ccc2nc(-c3ccco3)c(-c3ccco3)nc2c1)C(=O)Nc1nc(-c2cccs2)cs1. The fourth-order valence-corrected chi connectivity index (χ4v) is 5.40. The Bertz CT molecular complexity index is 1740. The molecule has 0 aliphatic heterocycles. The van der Waals surface area contributed by atoms with Crippen LogP contribution in [0.5, 0.6) is 0 Å². The van der Waals surface area contributed by atoms with E-state index >= 15 is 0 Å². The molecule has 1 unspecified atom stereocenters. The molecule has 0 fully saturated rings. The number of rotatable bonds is 8. The van der Waals surface area contributed by atoms with Crippen molar-refractivity contribution < 1.29 is 23.2 Å². The zero-order chi connectivity index (χ0) is 26.8. The summed E-state index contributed by atoms with van der Waals surface area (Å²) in [4.78, 5) is 40.8. The molecule has 0 spiro atoms. The van der Waals surface area contributed by atoms with E-state index in [2.05, 4.69) is 10.3 Å². The first-order valence-corrected chi connectivity index (χ1v) is 13.8. The highest BCUT2D eigenvalue weighted by atomic mass is 32.1. The van der Waals surface area contributed by atoms with Crippen LogP contribution in [0.15, 0.2) is 86.7 Å². The highest BCUT2D eigenvalue weighted by molar-refractivity contribution is 7.16. The standard InChI is InChI=1S/C28H20N4O5S2/c1-2-20(26(33)32-28-31-19(15-39-28)23-8-5-13-38-23)37-27(34)16-9-10-17-18(14-16)30-25(22-7-4-12-36-22)24(29-17)21-6-3-11-35-21/h3-15,20H,2H2,1H3,(H,31,32,33). The van der Waals surface area contributed by atoms with Gasteiger partial charge in [0.1, 0.15) is 11.4 Å². The summed E-state index contributed by atoms with van der Waals surface area (Å²) in [6.07, 6.45) is 2.41. The lowest BCUT2D eigenvalue weighted by Gasteiger charge is -2.15. The fraction of sp³-hybridized carbons (Fsp3) is 0.107. The maximum Gasteiger partial charge on any atom is 0.338 e. The summed E-state index contributed by atoms with van der Waals surface area (Å²) in [5, 5.41) is 7.04. The van der Waals surface area contributed by atoms with Gasteiger partial charge >= 0.3 is 5.97 Å². The maximum absolute atomic E-state index is 13.0. The number of thiazole rings is 1. The van der Waals surface area contributed by atoms with Gasteiger partial charge < -0.3 is 13.6 Å². The number of furan rings is 2. The van der Waals surface area contributed by atoms with Crippen molar-refractivity contribution in [2.75, 3.05) is 5.32 Å². The summed E-state index contributed by atoms with van der Waals surface area (Å²) in [7, 11) is 0. The Balaban J connectivity index is 1.22. The number of fused-ring (bicyclic) bond motifs is 1. The third kappa shape index (κ3) is 5.09. The minimum Gasteiger partial charge on any atom is -0.463 e. The van der Waals surface area contributed by atoms with E-state index in [0.29, 0.717) is 45.5 Å². The second kappa shape index (κ2) is 10.6. The summed E-state index contributed by atoms with van der Waals surface area (Å²) < 4.78 is 16.7. The average Bonchev–Trinajstić information content (AvgIpc) is 3.77. The number of carbonyl (C=O) groups excluding carboxylic acids is 2. The molecule has 6 rings (SSSR count). The predicted octanol–water partition coefficient (Wildman–Crippen LogP) is 6.91. The Kier molecular flexibility index (Phi) is 6.74. The zero-order valence-electron chi connectivity index (χ0n) is 20.5. The number of esters is 1. The lowest BCUT2D eigenvalue weighted by Crippen LogP contribution is -2.32. The number of nitrogens with one attached hydrogen (secondary N) is 1. The number of carbonyl (C=O) groups is 2. The van der Waals surface area contributed by atoms with Gasteiger partial charge in [-0.05, 0) is 60.3 Å². The van der Waals surface area contributed by atoms with Gasteiger partial charge in [0, 0.05) is 5.38 Å². The number of hydrogen-bond acceptors (Lipinski definition) is 10. The Morgan fingerprint density at radius 1 is 0.923 bits per heavy atom. The molecule has 39 heavy (non-hydrogen) atoms. The Morgan fingerprint density at radius 3 is 2.31 bits per heavy atom. The molecular weight excluding hydrogens is 536 g/mol. The number of ether oxygens (including phenoxy) is 1. The molecule has 0 radical (unpaired) electrons. The summed E-state index contributed by atoms with van der Waals surface area (Å²) in [5.41, 5.74) is 3.05. The van der Waals surface area contributed by atoms with Crippen molar-refractivity contribution >= 4 is 50.7 Å². The first-order valence-electron chi connectivity index (χ1n) is 12.0. The molecule has 5 aromatic heterocycles. The largest absolute Gasteiger partial charge is 0.463 e. The molecule has 0 saturated heterocycles. The molecular formula is C28H20N4O5S2. The molecule has 1 N–H and O–H groups in total. The van der Waals surface area contributed by atoms with Crippen LogP contribution in [-0.2, 0) is 9.53 Å². The molecule has 11 heteroatoms. The number of thiophene rings is 1. The lowest BCUT2D eigenvalue weighted by molar-refractivity contribution is -0.124. The predicted molar refractivity (Wildman–Crippen MR) is 148 cm³/mol. The van der Waals surface area contributed by atoms with Crippen LogP contribution in [0.4, 0.5) is 5.13 Å². The fourth-order valence-electron chi connectivity index (χ4n) is 3.93. The molecule has 0 aliphatic rings. The molecule has 0 bridgehead atoms. The molecule has 0 saturated carbocycles. The second-order valence-electron chi connectivity index (χ2n) is 8.39. The van der Waals surface area contributed by atoms with Crippen LogP contribution >= 0.6 is 22.7 Å². The number of amides is 1. The van der Waals surface area contributed by atoms with Gasteiger partial charge in [-0.3, -0.25) is 10.1 Å². The minimum atomic E-state index is -0.992. The van der Waals surface area contributed by atoms with Gasteiger partial charge in [-0.2, -0.15) is 0 Å². The maximum atomic E-state index is 13.0. The summed E-state index contributed by atoms with van der Waals surface area (Å²) >= 11 is 2.88. The van der Waals surface area contributed by atoms with Crippen molar-refractivity contribution in [1.82, 2.24) is 15.0 Å². The zero-order valence-corrected chi connectivity index (χ0v) is 22.1. The van der Waals surface area contributed by atoms with E-state index in [1.807, 2.05) is 22.9 Å². The van der Waals surface area contributed by atoms with Crippen LogP contribution < -0.4 is 5.32 Å². The molecule has 1 atom stereocenters. The van der Waals surface area contributed by atoms with Crippen LogP contribution in [0.2, 0.25) is 0 Å². The third-order valence-corrected chi connectivity index (χ3v) is 7.48. The Morgan fingerprint density at radius 2 is 1.67 bits per heavy atom. The van der Waals surface area contributed by atoms with Gasteiger partial charge in [0.2, 0.25) is 0 Å². The highest BCUT2D eigenvalue weighted by Crippen LogP contribution is 2.32. The first kappa shape index (κ1) is 24.7. The van der Waals surface area contributed by atoms with Crippen LogP contribution in [0.25, 0.3) is 44.5 Å². The van der Waals surface area contributed by atoms with Gasteiger partial charge in [-0.25, -0.2) is 19.7 Å². The third-order valence-electron chi connectivity index (χ3n) is 5.83. The van der Waals surface area contributed by atoms with E-state index in [1.165, 1.54) is 11.3 Å². The van der Waals surface area contributed by atoms with Crippen molar-refractivity contribution in [2.24, 2.45) is 0 Å². The Hall–Kier alpha value is -4.61. The van der Waals surface area contributed by atoms with Gasteiger partial charge in [-0.15, -0.1) is 22.7 Å². The van der Waals surface area contributed by atoms with E-state index in [0.717, 1.165) is 10.6 Å². The minimum absolute atomic E-state index is 0.244. The monoisotopic (exact) mass is 556 g/mol. The van der Waals surface area contributed by atoms with Crippen molar-refractivity contribution in [3.63, 3.8) is 0 Å². The van der Waals surface area contributed by atoms with Crippen molar-refractivity contribution in [3.8, 4) is 33.5 Å². The van der Waals surface area contributed by atoms with E-state index in [-0.39, 0.29) is 5.56 Å². The molecule has 0 aliphatic carbocycles. The number of aromatic nitrogens is 3. The quantitative estimate of drug-likeness (QED) is 0.201. The normalized spacial score (nSPS) is 11.9. The van der Waals surface area contributed by atoms with Crippen molar-refractivity contribution in [1.29, 1.82) is 0 Å². The van der Waals surface area contributed by atoms with Crippen LogP contribution in [0, 0.1) is 0 Å². The van der Waals surface area contributed by atoms with Gasteiger partial charge in [-0.1, -0.05) is 13.0 Å². The van der Waals surface area contributed by atoms with Crippen LogP contribution in [-0.4, -0.2) is 32.9 Å². The smallest absolute Gasteiger partial charge is 0.338 e. The van der Waals surface area contributed by atoms with Crippen molar-refractivity contribution in [2.45, 2.75) is 19.4 Å². The van der Waals surface area contributed by atoms with E-state index < -0.39 is 18.0 Å². The summed E-state index contributed by atoms with van der Waals surface area (Å²) in [6.45, 7) is 1.77. The van der Waals surface area contributed by atoms with Gasteiger partial charge in [0.05, 0.1) is 39.7 Å². The molecule has 194 valence electrons. The number of benzene rings is 1. The first-order chi connectivity index (χ1) is 19.1. The topological polar surface area (TPSA) is 120 Å². The molecule has 1 aromatic carbocycles. The van der Waals surface area contributed by atoms with E-state index in [9.17, 15) is 9.59 Å². The summed E-state index contributed by atoms with van der Waals surface area (Å²) in [5.74, 6) is -0.0368.